The van der Waals surface area contributed by atoms with E-state index in [4.69, 9.17) is 4.52 Å². The van der Waals surface area contributed by atoms with Crippen LogP contribution in [-0.2, 0) is 0 Å². The molecule has 6 heteroatoms. The quantitative estimate of drug-likeness (QED) is 0.721. The maximum Gasteiger partial charge on any atom is 0.250 e. The molecular weight excluding hydrogens is 283 g/mol. The van der Waals surface area contributed by atoms with Gasteiger partial charge in [-0.25, -0.2) is 9.37 Å². The molecule has 0 radical (unpaired) electrons. The van der Waals surface area contributed by atoms with Crippen LogP contribution in [0.2, 0.25) is 0 Å². The Morgan fingerprint density at radius 3 is 2.77 bits per heavy atom. The fourth-order valence-corrected chi connectivity index (χ4v) is 2.37. The molecule has 0 saturated carbocycles. The lowest BCUT2D eigenvalue weighted by Crippen LogP contribution is -2.12. The summed E-state index contributed by atoms with van der Waals surface area (Å²) in [7, 11) is 0. The third-order valence-corrected chi connectivity index (χ3v) is 3.42. The van der Waals surface area contributed by atoms with Gasteiger partial charge in [0.05, 0.1) is 11.9 Å². The Kier molecular flexibility index (Phi) is 4.00. The van der Waals surface area contributed by atoms with Crippen LogP contribution in [-0.4, -0.2) is 19.7 Å². The van der Waals surface area contributed by atoms with Gasteiger partial charge in [-0.2, -0.15) is 4.98 Å². The van der Waals surface area contributed by atoms with Gasteiger partial charge in [0, 0.05) is 12.4 Å². The van der Waals surface area contributed by atoms with Crippen molar-refractivity contribution in [2.24, 2.45) is 5.92 Å². The molecule has 0 saturated heterocycles. The van der Waals surface area contributed by atoms with Crippen molar-refractivity contribution >= 4 is 0 Å². The molecule has 22 heavy (non-hydrogen) atoms. The highest BCUT2D eigenvalue weighted by atomic mass is 19.1. The molecule has 1 atom stereocenters. The molecule has 0 unspecified atom stereocenters. The Morgan fingerprint density at radius 1 is 1.27 bits per heavy atom. The first-order chi connectivity index (χ1) is 10.6. The number of nitrogens with zero attached hydrogens (tertiary/aromatic N) is 4. The molecule has 0 aliphatic carbocycles. The summed E-state index contributed by atoms with van der Waals surface area (Å²) in [4.78, 5) is 8.45. The van der Waals surface area contributed by atoms with E-state index in [1.807, 2.05) is 10.8 Å². The van der Waals surface area contributed by atoms with Crippen molar-refractivity contribution in [2.45, 2.75) is 26.3 Å². The molecule has 0 aliphatic rings. The van der Waals surface area contributed by atoms with E-state index in [-0.39, 0.29) is 17.7 Å². The molecule has 0 fully saturated rings. The monoisotopic (exact) mass is 300 g/mol. The number of aromatic nitrogens is 4. The lowest BCUT2D eigenvalue weighted by atomic mass is 10.0. The molecule has 1 aromatic carbocycles. The van der Waals surface area contributed by atoms with E-state index in [1.54, 1.807) is 30.7 Å². The van der Waals surface area contributed by atoms with Crippen molar-refractivity contribution in [2.75, 3.05) is 0 Å². The zero-order valence-corrected chi connectivity index (χ0v) is 12.5. The molecular formula is C16H17FN4O. The van der Waals surface area contributed by atoms with Gasteiger partial charge in [0.1, 0.15) is 11.9 Å². The van der Waals surface area contributed by atoms with E-state index in [9.17, 15) is 4.39 Å². The van der Waals surface area contributed by atoms with Crippen LogP contribution in [0.5, 0.6) is 0 Å². The number of rotatable bonds is 5. The highest BCUT2D eigenvalue weighted by molar-refractivity contribution is 5.54. The fraction of sp³-hybridized carbons (Fsp3) is 0.312. The molecule has 0 bridgehead atoms. The van der Waals surface area contributed by atoms with Crippen molar-refractivity contribution in [3.8, 4) is 11.4 Å². The van der Waals surface area contributed by atoms with Gasteiger partial charge < -0.3 is 9.09 Å². The summed E-state index contributed by atoms with van der Waals surface area (Å²) >= 11 is 0. The van der Waals surface area contributed by atoms with Crippen LogP contribution in [0, 0.1) is 11.7 Å². The topological polar surface area (TPSA) is 56.7 Å². The van der Waals surface area contributed by atoms with E-state index in [0.29, 0.717) is 17.4 Å². The van der Waals surface area contributed by atoms with E-state index in [0.717, 1.165) is 6.42 Å². The first-order valence-corrected chi connectivity index (χ1v) is 7.21. The zero-order chi connectivity index (χ0) is 15.5. The molecule has 5 nitrogen and oxygen atoms in total. The van der Waals surface area contributed by atoms with Crippen molar-refractivity contribution < 1.29 is 8.91 Å². The minimum absolute atomic E-state index is 0.101. The van der Waals surface area contributed by atoms with Crippen LogP contribution in [0.3, 0.4) is 0 Å². The van der Waals surface area contributed by atoms with Gasteiger partial charge in [-0.3, -0.25) is 0 Å². The maximum atomic E-state index is 13.8. The Morgan fingerprint density at radius 2 is 2.09 bits per heavy atom. The van der Waals surface area contributed by atoms with Gasteiger partial charge >= 0.3 is 0 Å². The number of hydrogen-bond donors (Lipinski definition) is 0. The summed E-state index contributed by atoms with van der Waals surface area (Å²) in [6, 6.07) is 6.30. The van der Waals surface area contributed by atoms with Crippen LogP contribution in [0.15, 0.2) is 47.5 Å². The number of benzene rings is 1. The molecule has 3 rings (SSSR count). The largest absolute Gasteiger partial charge is 0.337 e. The van der Waals surface area contributed by atoms with Crippen LogP contribution in [0.4, 0.5) is 4.39 Å². The number of hydrogen-bond acceptors (Lipinski definition) is 4. The summed E-state index contributed by atoms with van der Waals surface area (Å²) < 4.78 is 21.1. The molecule has 0 aliphatic heterocycles. The highest BCUT2D eigenvalue weighted by Crippen LogP contribution is 2.27. The Bertz CT molecular complexity index is 736. The van der Waals surface area contributed by atoms with E-state index in [1.165, 1.54) is 6.07 Å². The lowest BCUT2D eigenvalue weighted by molar-refractivity contribution is 0.311. The second kappa shape index (κ2) is 6.09. The average molecular weight is 300 g/mol. The Balaban J connectivity index is 1.95. The third-order valence-electron chi connectivity index (χ3n) is 3.42. The molecule has 0 amide bonds. The summed E-state index contributed by atoms with van der Waals surface area (Å²) in [5.74, 6) is 0.807. The summed E-state index contributed by atoms with van der Waals surface area (Å²) in [5, 5.41) is 3.93. The summed E-state index contributed by atoms with van der Waals surface area (Å²) in [6.45, 7) is 4.25. The predicted octanol–water partition coefficient (Wildman–Crippen LogP) is 3.71. The zero-order valence-electron chi connectivity index (χ0n) is 12.5. The van der Waals surface area contributed by atoms with Crippen LogP contribution in [0.1, 0.15) is 32.2 Å². The molecule has 2 aromatic heterocycles. The minimum atomic E-state index is -0.363. The smallest absolute Gasteiger partial charge is 0.250 e. The van der Waals surface area contributed by atoms with Crippen molar-refractivity contribution in [3.63, 3.8) is 0 Å². The average Bonchev–Trinajstić information content (AvgIpc) is 3.17. The van der Waals surface area contributed by atoms with Crippen LogP contribution in [0.25, 0.3) is 11.4 Å². The van der Waals surface area contributed by atoms with Crippen molar-refractivity contribution in [1.82, 2.24) is 19.7 Å². The molecule has 2 heterocycles. The van der Waals surface area contributed by atoms with Gasteiger partial charge in [-0.15, -0.1) is 0 Å². The van der Waals surface area contributed by atoms with Crippen LogP contribution < -0.4 is 0 Å². The first kappa shape index (κ1) is 14.4. The number of halogens is 1. The molecule has 3 aromatic rings. The van der Waals surface area contributed by atoms with E-state index >= 15 is 0 Å². The van der Waals surface area contributed by atoms with Crippen molar-refractivity contribution in [3.05, 3.63) is 54.7 Å². The Labute approximate surface area is 127 Å². The maximum absolute atomic E-state index is 13.8. The van der Waals surface area contributed by atoms with Gasteiger partial charge in [-0.1, -0.05) is 31.1 Å². The molecule has 114 valence electrons. The SMILES string of the molecule is CC(C)C[C@@H](c1nc(-c2ccccc2F)no1)n1ccnc1. The first-order valence-electron chi connectivity index (χ1n) is 7.21. The second-order valence-corrected chi connectivity index (χ2v) is 5.59. The fourth-order valence-electron chi connectivity index (χ4n) is 2.37. The Hall–Kier alpha value is -2.50. The van der Waals surface area contributed by atoms with Gasteiger partial charge in [-0.05, 0) is 24.5 Å². The predicted molar refractivity (Wildman–Crippen MR) is 79.5 cm³/mol. The van der Waals surface area contributed by atoms with E-state index in [2.05, 4.69) is 29.0 Å². The normalized spacial score (nSPS) is 12.7. The van der Waals surface area contributed by atoms with Crippen LogP contribution >= 0.6 is 0 Å². The summed E-state index contributed by atoms with van der Waals surface area (Å²) in [6.07, 6.45) is 6.12. The van der Waals surface area contributed by atoms with E-state index < -0.39 is 0 Å². The van der Waals surface area contributed by atoms with Gasteiger partial charge in [0.25, 0.3) is 0 Å². The third kappa shape index (κ3) is 2.90. The molecule has 0 N–H and O–H groups in total. The van der Waals surface area contributed by atoms with Gasteiger partial charge in [0.2, 0.25) is 11.7 Å². The number of imidazole rings is 1. The van der Waals surface area contributed by atoms with Gasteiger partial charge in [0.15, 0.2) is 0 Å². The molecule has 0 spiro atoms. The van der Waals surface area contributed by atoms with Crippen molar-refractivity contribution in [1.29, 1.82) is 0 Å². The second-order valence-electron chi connectivity index (χ2n) is 5.59. The highest BCUT2D eigenvalue weighted by Gasteiger charge is 2.23. The standard InChI is InChI=1S/C16H17FN4O/c1-11(2)9-14(21-8-7-18-10-21)16-19-15(20-22-16)12-5-3-4-6-13(12)17/h3-8,10-11,14H,9H2,1-2H3/t14-/m0/s1. The minimum Gasteiger partial charge on any atom is -0.337 e. The summed E-state index contributed by atoms with van der Waals surface area (Å²) in [5.41, 5.74) is 0.339. The lowest BCUT2D eigenvalue weighted by Gasteiger charge is -2.16.